The number of aromatic hydroxyl groups is 1. The lowest BCUT2D eigenvalue weighted by atomic mass is 10.2. The fourth-order valence-corrected chi connectivity index (χ4v) is 3.79. The summed E-state index contributed by atoms with van der Waals surface area (Å²) in [5, 5.41) is 17.8. The molecule has 0 atom stereocenters. The van der Waals surface area contributed by atoms with Crippen LogP contribution in [0.2, 0.25) is 5.02 Å². The molecule has 0 radical (unpaired) electrons. The van der Waals surface area contributed by atoms with Crippen LogP contribution in [-0.2, 0) is 6.54 Å². The third-order valence-corrected chi connectivity index (χ3v) is 5.72. The molecule has 0 bridgehead atoms. The predicted molar refractivity (Wildman–Crippen MR) is 117 cm³/mol. The minimum atomic E-state index is 0.274. The van der Waals surface area contributed by atoms with Gasteiger partial charge in [-0.3, -0.25) is 5.01 Å². The fraction of sp³-hybridized carbons (Fsp3) is 0.409. The molecule has 0 saturated carbocycles. The third-order valence-electron chi connectivity index (χ3n) is 5.35. The van der Waals surface area contributed by atoms with E-state index in [0.717, 1.165) is 62.1 Å². The zero-order valence-electron chi connectivity index (χ0n) is 16.7. The van der Waals surface area contributed by atoms with E-state index in [1.807, 2.05) is 36.4 Å². The Hall–Kier alpha value is -2.24. The van der Waals surface area contributed by atoms with Crippen LogP contribution in [0.3, 0.4) is 0 Å². The largest absolute Gasteiger partial charge is 0.507 e. The Bertz CT molecular complexity index is 799. The van der Waals surface area contributed by atoms with E-state index in [2.05, 4.69) is 34.9 Å². The van der Waals surface area contributed by atoms with Gasteiger partial charge in [-0.2, -0.15) is 5.10 Å². The monoisotopic (exact) mass is 401 g/mol. The number of anilines is 1. The molecule has 2 aromatic carbocycles. The summed E-state index contributed by atoms with van der Waals surface area (Å²) in [6, 6.07) is 13.9. The first kappa shape index (κ1) is 20.5. The average Bonchev–Trinajstić information content (AvgIpc) is 2.71. The van der Waals surface area contributed by atoms with E-state index in [9.17, 15) is 5.11 Å². The van der Waals surface area contributed by atoms with Crippen LogP contribution in [0.25, 0.3) is 0 Å². The molecule has 6 heteroatoms. The van der Waals surface area contributed by atoms with Crippen molar-refractivity contribution < 1.29 is 10.0 Å². The molecule has 1 aliphatic rings. The van der Waals surface area contributed by atoms with E-state index < -0.39 is 0 Å². The molecule has 0 unspecified atom stereocenters. The van der Waals surface area contributed by atoms with E-state index in [-0.39, 0.29) is 5.75 Å². The number of hydrazone groups is 1. The van der Waals surface area contributed by atoms with Crippen molar-refractivity contribution in [3.63, 3.8) is 0 Å². The molecule has 1 fully saturated rings. The Morgan fingerprint density at radius 3 is 2.50 bits per heavy atom. The van der Waals surface area contributed by atoms with Crippen molar-refractivity contribution in [1.29, 1.82) is 0 Å². The number of nitrogens with one attached hydrogen (secondary N) is 1. The molecule has 2 N–H and O–H groups in total. The van der Waals surface area contributed by atoms with Gasteiger partial charge in [-0.15, -0.1) is 0 Å². The Labute approximate surface area is 172 Å². The Kier molecular flexibility index (Phi) is 7.18. The molecule has 1 heterocycles. The van der Waals surface area contributed by atoms with E-state index >= 15 is 0 Å². The van der Waals surface area contributed by atoms with Gasteiger partial charge in [0.25, 0.3) is 0 Å². The van der Waals surface area contributed by atoms with Gasteiger partial charge in [-0.1, -0.05) is 29.8 Å². The van der Waals surface area contributed by atoms with Crippen LogP contribution in [0.5, 0.6) is 5.75 Å². The summed E-state index contributed by atoms with van der Waals surface area (Å²) >= 11 is 6.28. The number of nitrogens with zero attached hydrogens (tertiary/aromatic N) is 3. The highest BCUT2D eigenvalue weighted by molar-refractivity contribution is 6.31. The summed E-state index contributed by atoms with van der Waals surface area (Å²) in [4.78, 5) is 3.73. The average molecular weight is 402 g/mol. The molecular weight excluding hydrogens is 372 g/mol. The minimum absolute atomic E-state index is 0.274. The van der Waals surface area contributed by atoms with Crippen molar-refractivity contribution in [2.75, 3.05) is 44.2 Å². The highest BCUT2D eigenvalue weighted by atomic mass is 35.5. The first-order valence-electron chi connectivity index (χ1n) is 10.0. The summed E-state index contributed by atoms with van der Waals surface area (Å²) in [7, 11) is 0. The molecular formula is C22H30ClN4O+. The summed E-state index contributed by atoms with van der Waals surface area (Å²) in [6.07, 6.45) is 1.76. The van der Waals surface area contributed by atoms with E-state index in [4.69, 9.17) is 11.6 Å². The molecule has 28 heavy (non-hydrogen) atoms. The highest BCUT2D eigenvalue weighted by Gasteiger charge is 2.19. The maximum absolute atomic E-state index is 10.3. The minimum Gasteiger partial charge on any atom is -0.507 e. The molecule has 1 aliphatic heterocycles. The van der Waals surface area contributed by atoms with E-state index in [0.29, 0.717) is 0 Å². The van der Waals surface area contributed by atoms with Crippen LogP contribution in [0, 0.1) is 0 Å². The molecule has 0 spiro atoms. The van der Waals surface area contributed by atoms with Crippen LogP contribution in [-0.4, -0.2) is 55.6 Å². The second kappa shape index (κ2) is 9.80. The van der Waals surface area contributed by atoms with Crippen LogP contribution in [0.4, 0.5) is 5.69 Å². The number of quaternary nitrogens is 1. The summed E-state index contributed by atoms with van der Waals surface area (Å²) in [5.41, 5.74) is 2.99. The molecule has 2 aromatic rings. The van der Waals surface area contributed by atoms with Gasteiger partial charge in [0.05, 0.1) is 32.4 Å². The van der Waals surface area contributed by atoms with Crippen molar-refractivity contribution in [3.05, 3.63) is 58.6 Å². The highest BCUT2D eigenvalue weighted by Crippen LogP contribution is 2.23. The lowest BCUT2D eigenvalue weighted by molar-refractivity contribution is -0.918. The van der Waals surface area contributed by atoms with E-state index in [1.54, 1.807) is 6.21 Å². The number of halogens is 1. The fourth-order valence-electron chi connectivity index (χ4n) is 3.59. The second-order valence-corrected chi connectivity index (χ2v) is 7.54. The smallest absolute Gasteiger partial charge is 0.126 e. The van der Waals surface area contributed by atoms with Crippen molar-refractivity contribution >= 4 is 23.5 Å². The summed E-state index contributed by atoms with van der Waals surface area (Å²) < 4.78 is 0. The van der Waals surface area contributed by atoms with Gasteiger partial charge >= 0.3 is 0 Å². The molecule has 0 aliphatic carbocycles. The van der Waals surface area contributed by atoms with Crippen LogP contribution in [0.1, 0.15) is 25.0 Å². The lowest BCUT2D eigenvalue weighted by Crippen LogP contribution is -3.13. The standard InChI is InChI=1S/C22H29ClN4O/c1-3-26(4-2)20-10-9-18(22(28)15-20)16-24-27-13-11-25(12-14-27)17-19-7-5-6-8-21(19)23/h5-10,15-16,28H,3-4,11-14,17H2,1-2H3/p+1/b24-16+. The second-order valence-electron chi connectivity index (χ2n) is 7.13. The number of piperazine rings is 1. The summed E-state index contributed by atoms with van der Waals surface area (Å²) in [5.74, 6) is 0.274. The normalized spacial score (nSPS) is 15.3. The SMILES string of the molecule is CCN(CC)c1ccc(/C=N/N2CC[NH+](Cc3ccccc3Cl)CC2)c(O)c1. The van der Waals surface area contributed by atoms with Gasteiger partial charge in [0.15, 0.2) is 0 Å². The molecule has 0 aromatic heterocycles. The maximum atomic E-state index is 10.3. The van der Waals surface area contributed by atoms with Crippen molar-refractivity contribution in [1.82, 2.24) is 5.01 Å². The van der Waals surface area contributed by atoms with Crippen molar-refractivity contribution in [2.45, 2.75) is 20.4 Å². The van der Waals surface area contributed by atoms with Gasteiger partial charge < -0.3 is 14.9 Å². The quantitative estimate of drug-likeness (QED) is 0.701. The zero-order valence-corrected chi connectivity index (χ0v) is 17.5. The maximum Gasteiger partial charge on any atom is 0.126 e. The number of hydrogen-bond acceptors (Lipinski definition) is 4. The van der Waals surface area contributed by atoms with Gasteiger partial charge in [-0.05, 0) is 32.0 Å². The number of benzene rings is 2. The first-order valence-corrected chi connectivity index (χ1v) is 10.4. The van der Waals surface area contributed by atoms with Crippen molar-refractivity contribution in [2.24, 2.45) is 5.10 Å². The molecule has 0 amide bonds. The third kappa shape index (κ3) is 5.18. The Morgan fingerprint density at radius 1 is 1.14 bits per heavy atom. The Morgan fingerprint density at radius 2 is 1.86 bits per heavy atom. The number of rotatable bonds is 7. The molecule has 1 saturated heterocycles. The molecule has 3 rings (SSSR count). The first-order chi connectivity index (χ1) is 13.6. The molecule has 150 valence electrons. The van der Waals surface area contributed by atoms with Gasteiger partial charge in [-0.25, -0.2) is 0 Å². The van der Waals surface area contributed by atoms with Crippen LogP contribution in [0.15, 0.2) is 47.6 Å². The van der Waals surface area contributed by atoms with Crippen molar-refractivity contribution in [3.8, 4) is 5.75 Å². The summed E-state index contributed by atoms with van der Waals surface area (Å²) in [6.45, 7) is 10.9. The van der Waals surface area contributed by atoms with Crippen LogP contribution < -0.4 is 9.80 Å². The van der Waals surface area contributed by atoms with Gasteiger partial charge in [0.1, 0.15) is 12.3 Å². The zero-order chi connectivity index (χ0) is 19.9. The number of phenols is 1. The van der Waals surface area contributed by atoms with E-state index in [1.165, 1.54) is 10.5 Å². The lowest BCUT2D eigenvalue weighted by Gasteiger charge is -2.30. The Balaban J connectivity index is 1.54. The van der Waals surface area contributed by atoms with Gasteiger partial charge in [0.2, 0.25) is 0 Å². The van der Waals surface area contributed by atoms with Crippen LogP contribution >= 0.6 is 11.6 Å². The van der Waals surface area contributed by atoms with Gasteiger partial charge in [0, 0.05) is 41.0 Å². The topological polar surface area (TPSA) is 43.5 Å². The number of phenolic OH excluding ortho intramolecular Hbond substituents is 1. The molecule has 5 nitrogen and oxygen atoms in total. The number of hydrogen-bond donors (Lipinski definition) is 2. The predicted octanol–water partition coefficient (Wildman–Crippen LogP) is 2.63.